The normalized spacial score (nSPS) is 26.9. The van der Waals surface area contributed by atoms with E-state index >= 15 is 0 Å². The van der Waals surface area contributed by atoms with Crippen LogP contribution in [0.1, 0.15) is 42.9 Å². The van der Waals surface area contributed by atoms with Crippen LogP contribution in [0.25, 0.3) is 0 Å². The quantitative estimate of drug-likeness (QED) is 0.846. The van der Waals surface area contributed by atoms with E-state index in [0.717, 1.165) is 12.8 Å². The van der Waals surface area contributed by atoms with Crippen molar-refractivity contribution in [1.82, 2.24) is 14.8 Å². The summed E-state index contributed by atoms with van der Waals surface area (Å²) < 4.78 is 30.1. The molecule has 2 fully saturated rings. The maximum Gasteiger partial charge on any atom is 0.154 e. The summed E-state index contributed by atoms with van der Waals surface area (Å²) in [5.74, 6) is 1.70. The first kappa shape index (κ1) is 14.0. The molecule has 20 heavy (non-hydrogen) atoms. The standard InChI is InChI=1S/C12H19N3O4S/c16-7-11-13-12(9-1-4-19-5-2-9)14-15(11)10-3-6-20(17,18)8-10/h9-10,16H,1-8H2. The summed E-state index contributed by atoms with van der Waals surface area (Å²) in [6.45, 7) is 1.18. The molecule has 1 atom stereocenters. The minimum Gasteiger partial charge on any atom is -0.388 e. The summed E-state index contributed by atoms with van der Waals surface area (Å²) in [4.78, 5) is 4.40. The van der Waals surface area contributed by atoms with Gasteiger partial charge >= 0.3 is 0 Å². The lowest BCUT2D eigenvalue weighted by Crippen LogP contribution is -2.17. The first-order valence-corrected chi connectivity index (χ1v) is 8.75. The summed E-state index contributed by atoms with van der Waals surface area (Å²) in [5, 5.41) is 13.9. The molecule has 112 valence electrons. The highest BCUT2D eigenvalue weighted by molar-refractivity contribution is 7.91. The molecule has 3 heterocycles. The van der Waals surface area contributed by atoms with Crippen LogP contribution >= 0.6 is 0 Å². The number of hydrogen-bond donors (Lipinski definition) is 1. The average molecular weight is 301 g/mol. The van der Waals surface area contributed by atoms with Gasteiger partial charge in [-0.15, -0.1) is 0 Å². The number of aliphatic hydroxyl groups excluding tert-OH is 1. The van der Waals surface area contributed by atoms with Gasteiger partial charge in [-0.1, -0.05) is 0 Å². The second-order valence-electron chi connectivity index (χ2n) is 5.43. The van der Waals surface area contributed by atoms with Gasteiger partial charge in [-0.25, -0.2) is 18.1 Å². The number of sulfone groups is 1. The van der Waals surface area contributed by atoms with Crippen LogP contribution in [0.15, 0.2) is 0 Å². The number of aliphatic hydroxyl groups is 1. The van der Waals surface area contributed by atoms with Crippen LogP contribution in [0, 0.1) is 0 Å². The summed E-state index contributed by atoms with van der Waals surface area (Å²) in [6.07, 6.45) is 2.29. The zero-order valence-electron chi connectivity index (χ0n) is 11.2. The highest BCUT2D eigenvalue weighted by atomic mass is 32.2. The van der Waals surface area contributed by atoms with Crippen molar-refractivity contribution in [3.63, 3.8) is 0 Å². The Morgan fingerprint density at radius 2 is 2.05 bits per heavy atom. The lowest BCUT2D eigenvalue weighted by molar-refractivity contribution is 0.0835. The molecule has 0 aromatic carbocycles. The van der Waals surface area contributed by atoms with Gasteiger partial charge in [0.15, 0.2) is 21.5 Å². The molecule has 0 bridgehead atoms. The molecule has 3 rings (SSSR count). The van der Waals surface area contributed by atoms with Crippen molar-refractivity contribution in [3.05, 3.63) is 11.6 Å². The monoisotopic (exact) mass is 301 g/mol. The molecule has 2 saturated heterocycles. The van der Waals surface area contributed by atoms with E-state index in [2.05, 4.69) is 10.1 Å². The van der Waals surface area contributed by atoms with Gasteiger partial charge in [-0.2, -0.15) is 5.10 Å². The Hall–Kier alpha value is -0.990. The molecule has 0 amide bonds. The van der Waals surface area contributed by atoms with Crippen LogP contribution < -0.4 is 0 Å². The first-order chi connectivity index (χ1) is 9.59. The first-order valence-electron chi connectivity index (χ1n) is 6.93. The lowest BCUT2D eigenvalue weighted by Gasteiger charge is -2.19. The van der Waals surface area contributed by atoms with Crippen LogP contribution in [0.3, 0.4) is 0 Å². The molecule has 0 spiro atoms. The smallest absolute Gasteiger partial charge is 0.154 e. The van der Waals surface area contributed by atoms with Gasteiger partial charge in [-0.05, 0) is 19.3 Å². The largest absolute Gasteiger partial charge is 0.388 e. The third-order valence-corrected chi connectivity index (χ3v) is 5.75. The SMILES string of the molecule is O=S1(=O)CCC(n2nc(C3CCOCC3)nc2CO)C1. The maximum absolute atomic E-state index is 11.6. The Balaban J connectivity index is 1.85. The topological polar surface area (TPSA) is 94.3 Å². The van der Waals surface area contributed by atoms with Gasteiger partial charge in [0.05, 0.1) is 17.5 Å². The van der Waals surface area contributed by atoms with E-state index in [1.54, 1.807) is 4.68 Å². The average Bonchev–Trinajstić information content (AvgIpc) is 3.02. The Morgan fingerprint density at radius 3 is 2.65 bits per heavy atom. The molecule has 1 aromatic heterocycles. The fourth-order valence-corrected chi connectivity index (χ4v) is 4.56. The minimum absolute atomic E-state index is 0.0938. The molecule has 2 aliphatic rings. The van der Waals surface area contributed by atoms with Gasteiger partial charge in [0, 0.05) is 19.1 Å². The van der Waals surface area contributed by atoms with Crippen LogP contribution in [0.4, 0.5) is 0 Å². The van der Waals surface area contributed by atoms with E-state index < -0.39 is 9.84 Å². The number of hydrogen-bond acceptors (Lipinski definition) is 6. The van der Waals surface area contributed by atoms with Crippen LogP contribution in [-0.4, -0.2) is 53.0 Å². The fourth-order valence-electron chi connectivity index (χ4n) is 2.87. The molecule has 0 aliphatic carbocycles. The second kappa shape index (κ2) is 5.42. The van der Waals surface area contributed by atoms with Gasteiger partial charge < -0.3 is 9.84 Å². The van der Waals surface area contributed by atoms with Crippen molar-refractivity contribution >= 4 is 9.84 Å². The summed E-state index contributed by atoms with van der Waals surface area (Å²) >= 11 is 0. The molecule has 1 unspecified atom stereocenters. The molecule has 2 aliphatic heterocycles. The zero-order valence-corrected chi connectivity index (χ0v) is 12.0. The van der Waals surface area contributed by atoms with Crippen LogP contribution in [-0.2, 0) is 21.2 Å². The molecule has 0 saturated carbocycles. The van der Waals surface area contributed by atoms with E-state index in [1.807, 2.05) is 0 Å². The Morgan fingerprint density at radius 1 is 1.30 bits per heavy atom. The maximum atomic E-state index is 11.6. The number of aromatic nitrogens is 3. The third kappa shape index (κ3) is 2.72. The van der Waals surface area contributed by atoms with Crippen molar-refractivity contribution in [1.29, 1.82) is 0 Å². The predicted molar refractivity (Wildman–Crippen MR) is 71.0 cm³/mol. The molecule has 7 nitrogen and oxygen atoms in total. The van der Waals surface area contributed by atoms with Crippen LogP contribution in [0.5, 0.6) is 0 Å². The predicted octanol–water partition coefficient (Wildman–Crippen LogP) is 0.0240. The van der Waals surface area contributed by atoms with Crippen molar-refractivity contribution in [2.45, 2.75) is 37.8 Å². The van der Waals surface area contributed by atoms with Crippen molar-refractivity contribution in [2.24, 2.45) is 0 Å². The van der Waals surface area contributed by atoms with Gasteiger partial charge in [0.1, 0.15) is 6.61 Å². The minimum atomic E-state index is -2.97. The number of ether oxygens (including phenoxy) is 1. The van der Waals surface area contributed by atoms with Gasteiger partial charge in [0.25, 0.3) is 0 Å². The Kier molecular flexibility index (Phi) is 3.78. The number of rotatable bonds is 3. The van der Waals surface area contributed by atoms with E-state index in [1.165, 1.54) is 0 Å². The van der Waals surface area contributed by atoms with Crippen molar-refractivity contribution in [2.75, 3.05) is 24.7 Å². The molecule has 1 aromatic rings. The van der Waals surface area contributed by atoms with E-state index in [9.17, 15) is 13.5 Å². The third-order valence-electron chi connectivity index (χ3n) is 4.00. The van der Waals surface area contributed by atoms with E-state index in [4.69, 9.17) is 4.74 Å². The molecule has 0 radical (unpaired) electrons. The van der Waals surface area contributed by atoms with Crippen molar-refractivity contribution in [3.8, 4) is 0 Å². The highest BCUT2D eigenvalue weighted by Crippen LogP contribution is 2.28. The van der Waals surface area contributed by atoms with Crippen LogP contribution in [0.2, 0.25) is 0 Å². The Bertz CT molecular complexity index is 578. The highest BCUT2D eigenvalue weighted by Gasteiger charge is 2.32. The molecule has 1 N–H and O–H groups in total. The second-order valence-corrected chi connectivity index (χ2v) is 7.66. The van der Waals surface area contributed by atoms with E-state index in [-0.39, 0.29) is 30.1 Å². The lowest BCUT2D eigenvalue weighted by atomic mass is 10.00. The van der Waals surface area contributed by atoms with Gasteiger partial charge in [0.2, 0.25) is 0 Å². The fraction of sp³-hybridized carbons (Fsp3) is 0.833. The summed E-state index contributed by atoms with van der Waals surface area (Å²) in [7, 11) is -2.97. The summed E-state index contributed by atoms with van der Waals surface area (Å²) in [6, 6.07) is -0.191. The Labute approximate surface area is 117 Å². The summed E-state index contributed by atoms with van der Waals surface area (Å²) in [5.41, 5.74) is 0. The van der Waals surface area contributed by atoms with E-state index in [0.29, 0.717) is 31.3 Å². The molecular weight excluding hydrogens is 282 g/mol. The molecule has 8 heteroatoms. The molecular formula is C12H19N3O4S. The number of nitrogens with zero attached hydrogens (tertiary/aromatic N) is 3. The van der Waals surface area contributed by atoms with Gasteiger partial charge in [-0.3, -0.25) is 0 Å². The zero-order chi connectivity index (χ0) is 14.2. The van der Waals surface area contributed by atoms with Crippen molar-refractivity contribution < 1.29 is 18.3 Å².